The summed E-state index contributed by atoms with van der Waals surface area (Å²) in [4.78, 5) is 7.90. The second-order valence-electron chi connectivity index (χ2n) is 25.5. The predicted octanol–water partition coefficient (Wildman–Crippen LogP) is 15.9. The number of imidazole rings is 1. The van der Waals surface area contributed by atoms with E-state index in [0.29, 0.717) is 0 Å². The summed E-state index contributed by atoms with van der Waals surface area (Å²) in [6, 6.07) is 57.2. The van der Waals surface area contributed by atoms with Gasteiger partial charge in [-0.3, -0.25) is 0 Å². The van der Waals surface area contributed by atoms with Crippen molar-refractivity contribution in [2.75, 3.05) is 9.80 Å². The van der Waals surface area contributed by atoms with Crippen LogP contribution in [0.1, 0.15) is 111 Å². The summed E-state index contributed by atoms with van der Waals surface area (Å²) < 4.78 is 4.91. The molecule has 0 N–H and O–H groups in total. The van der Waals surface area contributed by atoms with Crippen LogP contribution in [0.3, 0.4) is 0 Å². The van der Waals surface area contributed by atoms with E-state index in [1.165, 1.54) is 138 Å². The number of fused-ring (bicyclic) bond motifs is 14. The topological polar surface area (TPSA) is 14.8 Å². The summed E-state index contributed by atoms with van der Waals surface area (Å²) in [6.45, 7) is 30.4. The Morgan fingerprint density at radius 3 is 1.78 bits per heavy atom. The van der Waals surface area contributed by atoms with E-state index in [1.807, 2.05) is 11.8 Å². The molecule has 0 atom stereocenters. The number of rotatable bonds is 2. The molecule has 3 aliphatic heterocycles. The van der Waals surface area contributed by atoms with E-state index in [-0.39, 0.29) is 28.4 Å². The maximum absolute atomic E-state index is 2.67. The number of nitrogens with zero attached hydrogens (tertiary/aromatic N) is 4. The van der Waals surface area contributed by atoms with Gasteiger partial charge in [-0.1, -0.05) is 168 Å². The first-order valence-corrected chi connectivity index (χ1v) is 27.2. The van der Waals surface area contributed by atoms with Gasteiger partial charge in [0.05, 0.1) is 23.8 Å². The smallest absolute Gasteiger partial charge is 0.295 e. The third kappa shape index (κ3) is 6.85. The zero-order valence-electron chi connectivity index (χ0n) is 45.1. The van der Waals surface area contributed by atoms with Crippen molar-refractivity contribution >= 4 is 107 Å². The molecule has 10 aromatic rings. The van der Waals surface area contributed by atoms with Crippen LogP contribution in [0, 0.1) is 6.92 Å². The molecule has 3 aliphatic rings. The molecule has 73 heavy (non-hydrogen) atoms. The van der Waals surface area contributed by atoms with Crippen LogP contribution in [-0.4, -0.2) is 11.1 Å². The van der Waals surface area contributed by atoms with Crippen molar-refractivity contribution in [3.63, 3.8) is 0 Å². The van der Waals surface area contributed by atoms with E-state index >= 15 is 0 Å². The van der Waals surface area contributed by atoms with Crippen LogP contribution in [-0.2, 0) is 28.7 Å². The van der Waals surface area contributed by atoms with Gasteiger partial charge in [0.15, 0.2) is 11.0 Å². The van der Waals surface area contributed by atoms with E-state index in [2.05, 4.69) is 261 Å². The Hall–Kier alpha value is -6.76. The first kappa shape index (κ1) is 46.1. The van der Waals surface area contributed by atoms with Crippen LogP contribution < -0.4 is 30.8 Å². The van der Waals surface area contributed by atoms with Crippen molar-refractivity contribution in [2.45, 2.75) is 121 Å². The van der Waals surface area contributed by atoms with E-state index in [4.69, 9.17) is 0 Å². The average Bonchev–Trinajstić information content (AvgIpc) is 3.64. The molecule has 0 unspecified atom stereocenters. The highest BCUT2D eigenvalue weighted by Crippen LogP contribution is 2.56. The monoisotopic (exact) mass is 970 g/mol. The van der Waals surface area contributed by atoms with E-state index in [0.717, 1.165) is 0 Å². The summed E-state index contributed by atoms with van der Waals surface area (Å²) in [5, 5.41) is 3.83. The molecule has 5 heterocycles. The molecular formula is C67H66BN4S+. The summed E-state index contributed by atoms with van der Waals surface area (Å²) in [6.07, 6.45) is 0. The van der Waals surface area contributed by atoms with Crippen LogP contribution in [0.4, 0.5) is 34.1 Å². The Bertz CT molecular complexity index is 4020. The van der Waals surface area contributed by atoms with Gasteiger partial charge >= 0.3 is 0 Å². The SMILES string of the molecule is Cc1cccc2c3ccc(-c4cc5c6c(c4)N4c7ccc(C(C)(C)C)cc7Sc7cc(C(C)(C)C)cc(c74)B6c4cc(C(C)(C)C)ccc4N5c4ccc(C(C)(C)C)cc4)cc3n3c4ccccc4[n+](C)c3c12. The van der Waals surface area contributed by atoms with Crippen molar-refractivity contribution in [3.8, 4) is 11.1 Å². The van der Waals surface area contributed by atoms with Crippen LogP contribution in [0.2, 0.25) is 0 Å². The van der Waals surface area contributed by atoms with Crippen molar-refractivity contribution in [1.82, 2.24) is 4.40 Å². The summed E-state index contributed by atoms with van der Waals surface area (Å²) in [5.74, 6) is 0. The quantitative estimate of drug-likeness (QED) is 0.0975. The van der Waals surface area contributed by atoms with Gasteiger partial charge < -0.3 is 9.80 Å². The fourth-order valence-electron chi connectivity index (χ4n) is 12.4. The van der Waals surface area contributed by atoms with Crippen LogP contribution in [0.5, 0.6) is 0 Å². The molecule has 362 valence electrons. The van der Waals surface area contributed by atoms with Crippen LogP contribution in [0.25, 0.3) is 49.5 Å². The number of aryl methyl sites for hydroxylation is 2. The van der Waals surface area contributed by atoms with Gasteiger partial charge in [0.2, 0.25) is 0 Å². The standard InChI is InChI=1S/C67H66BN4S/c1-39-18-17-19-48-47-29-22-40(32-55(47)72-53-21-16-15-20-52(53)69(14)63(72)60(39)48)41-33-56-61-57(34-41)71-54-31-26-44(66(8,9)10)37-58(54)73-59-38-45(67(11,12)13)36-50(62(59)71)68(61)49-35-43(65(5,6)7)25-30-51(49)70(56)46-27-23-42(24-28-46)64(2,3)4/h15-38H,1-14H3/q+1. The Morgan fingerprint density at radius 1 is 0.466 bits per heavy atom. The second kappa shape index (κ2) is 15.4. The number of aromatic nitrogens is 2. The molecule has 4 nitrogen and oxygen atoms in total. The zero-order chi connectivity index (χ0) is 51.0. The fraction of sp³-hybridized carbons (Fsp3) is 0.269. The highest BCUT2D eigenvalue weighted by Gasteiger charge is 2.47. The Kier molecular flexibility index (Phi) is 9.72. The molecule has 0 saturated carbocycles. The highest BCUT2D eigenvalue weighted by atomic mass is 32.2. The largest absolute Gasteiger partial charge is 0.311 e. The first-order valence-electron chi connectivity index (χ1n) is 26.3. The molecule has 6 heteroatoms. The fourth-order valence-corrected chi connectivity index (χ4v) is 13.6. The number of benzene rings is 8. The number of pyridine rings is 1. The lowest BCUT2D eigenvalue weighted by Gasteiger charge is -2.47. The van der Waals surface area contributed by atoms with Crippen molar-refractivity contribution < 1.29 is 4.57 Å². The van der Waals surface area contributed by atoms with Gasteiger partial charge in [-0.2, -0.15) is 4.40 Å². The molecule has 0 fully saturated rings. The maximum atomic E-state index is 2.67. The maximum Gasteiger partial charge on any atom is 0.295 e. The van der Waals surface area contributed by atoms with Gasteiger partial charge in [0, 0.05) is 43.3 Å². The van der Waals surface area contributed by atoms with E-state index in [9.17, 15) is 0 Å². The lowest BCUT2D eigenvalue weighted by Crippen LogP contribution is -2.62. The third-order valence-electron chi connectivity index (χ3n) is 16.5. The Morgan fingerprint density at radius 2 is 1.08 bits per heavy atom. The number of para-hydroxylation sites is 2. The number of anilines is 6. The summed E-state index contributed by atoms with van der Waals surface area (Å²) >= 11 is 1.96. The lowest BCUT2D eigenvalue weighted by molar-refractivity contribution is -0.617. The number of hydrogen-bond acceptors (Lipinski definition) is 3. The number of hydrogen-bond donors (Lipinski definition) is 0. The highest BCUT2D eigenvalue weighted by molar-refractivity contribution is 7.99. The minimum absolute atomic E-state index is 0.00168. The van der Waals surface area contributed by atoms with E-state index < -0.39 is 0 Å². The normalized spacial score (nSPS) is 14.3. The average molecular weight is 970 g/mol. The lowest BCUT2D eigenvalue weighted by atomic mass is 9.33. The van der Waals surface area contributed by atoms with Gasteiger partial charge in [-0.25, -0.2) is 4.57 Å². The third-order valence-corrected chi connectivity index (χ3v) is 17.6. The van der Waals surface area contributed by atoms with Gasteiger partial charge in [0.25, 0.3) is 12.4 Å². The molecular weight excluding hydrogens is 904 g/mol. The minimum atomic E-state index is -0.0589. The minimum Gasteiger partial charge on any atom is -0.311 e. The van der Waals surface area contributed by atoms with Crippen LogP contribution >= 0.6 is 11.8 Å². The van der Waals surface area contributed by atoms with Crippen molar-refractivity contribution in [3.05, 3.63) is 173 Å². The summed E-state index contributed by atoms with van der Waals surface area (Å²) in [7, 11) is 2.23. The van der Waals surface area contributed by atoms with Crippen molar-refractivity contribution in [1.29, 1.82) is 0 Å². The molecule has 0 spiro atoms. The van der Waals surface area contributed by atoms with E-state index in [1.54, 1.807) is 0 Å². The molecule has 0 bridgehead atoms. The molecule has 0 saturated heterocycles. The molecule has 0 radical (unpaired) electrons. The molecule has 13 rings (SSSR count). The molecule has 2 aromatic heterocycles. The molecule has 0 aliphatic carbocycles. The Balaban J connectivity index is 1.17. The Labute approximate surface area is 436 Å². The molecule has 0 amide bonds. The summed E-state index contributed by atoms with van der Waals surface area (Å²) in [5.41, 5.74) is 25.4. The first-order chi connectivity index (χ1) is 34.6. The van der Waals surface area contributed by atoms with Gasteiger partial charge in [-0.05, 0) is 157 Å². The van der Waals surface area contributed by atoms with Gasteiger partial charge in [-0.15, -0.1) is 0 Å². The zero-order valence-corrected chi connectivity index (χ0v) is 45.9. The predicted molar refractivity (Wildman–Crippen MR) is 314 cm³/mol. The second-order valence-corrected chi connectivity index (χ2v) is 26.6. The van der Waals surface area contributed by atoms with Crippen molar-refractivity contribution in [2.24, 2.45) is 7.05 Å². The van der Waals surface area contributed by atoms with Gasteiger partial charge in [0.1, 0.15) is 5.52 Å². The van der Waals surface area contributed by atoms with Crippen LogP contribution in [0.15, 0.2) is 155 Å². The molecule has 8 aromatic carbocycles.